The third-order valence-electron chi connectivity index (χ3n) is 3.42. The average Bonchev–Trinajstić information content (AvgIpc) is 2.99. The van der Waals surface area contributed by atoms with Gasteiger partial charge >= 0.3 is 5.97 Å². The molecule has 2 atom stereocenters. The van der Waals surface area contributed by atoms with Crippen LogP contribution in [-0.2, 0) is 4.79 Å². The molecule has 94 valence electrons. The zero-order chi connectivity index (χ0) is 13.0. The van der Waals surface area contributed by atoms with Crippen LogP contribution in [0, 0.1) is 19.8 Å². The summed E-state index contributed by atoms with van der Waals surface area (Å²) in [7, 11) is 0. The summed E-state index contributed by atoms with van der Waals surface area (Å²) in [4.78, 5) is 15.3. The van der Waals surface area contributed by atoms with E-state index in [1.54, 1.807) is 4.52 Å². The fourth-order valence-electron chi connectivity index (χ4n) is 2.19. The highest BCUT2D eigenvalue weighted by Crippen LogP contribution is 2.46. The van der Waals surface area contributed by atoms with Crippen LogP contribution in [0.1, 0.15) is 29.4 Å². The minimum absolute atomic E-state index is 0.0556. The van der Waals surface area contributed by atoms with E-state index in [2.05, 4.69) is 10.1 Å². The molecule has 2 aromatic rings. The maximum absolute atomic E-state index is 10.9. The Morgan fingerprint density at radius 2 is 2.28 bits per heavy atom. The predicted molar refractivity (Wildman–Crippen MR) is 66.0 cm³/mol. The van der Waals surface area contributed by atoms with Crippen LogP contribution in [0.4, 0.5) is 0 Å². The maximum Gasteiger partial charge on any atom is 0.307 e. The van der Waals surface area contributed by atoms with Gasteiger partial charge in [-0.3, -0.25) is 4.79 Å². The van der Waals surface area contributed by atoms with Gasteiger partial charge in [-0.2, -0.15) is 5.10 Å². The van der Waals surface area contributed by atoms with E-state index in [0.717, 1.165) is 16.9 Å². The molecule has 0 bridgehead atoms. The van der Waals surface area contributed by atoms with E-state index in [1.807, 2.05) is 19.9 Å². The standard InChI is InChI=1S/C12H12ClN3O2/c1-5-3-9(13)6(2)16-11(5)14-10(15-16)7-4-8(7)12(17)18/h3,7-8H,4H2,1-2H3,(H,17,18)/t7-,8-/m1/s1. The van der Waals surface area contributed by atoms with E-state index in [9.17, 15) is 4.79 Å². The van der Waals surface area contributed by atoms with Gasteiger partial charge in [-0.1, -0.05) is 11.6 Å². The number of halogens is 1. The van der Waals surface area contributed by atoms with Gasteiger partial charge in [-0.15, -0.1) is 0 Å². The number of rotatable bonds is 2. The van der Waals surface area contributed by atoms with Gasteiger partial charge in [0.1, 0.15) is 0 Å². The molecule has 0 spiro atoms. The quantitative estimate of drug-likeness (QED) is 0.904. The van der Waals surface area contributed by atoms with Crippen molar-refractivity contribution in [2.45, 2.75) is 26.2 Å². The molecule has 1 fully saturated rings. The number of hydrogen-bond acceptors (Lipinski definition) is 3. The zero-order valence-corrected chi connectivity index (χ0v) is 10.8. The lowest BCUT2D eigenvalue weighted by atomic mass is 10.2. The first-order valence-electron chi connectivity index (χ1n) is 5.74. The molecular formula is C12H12ClN3O2. The van der Waals surface area contributed by atoms with Crippen LogP contribution in [0.5, 0.6) is 0 Å². The second kappa shape index (κ2) is 3.68. The molecule has 0 saturated heterocycles. The molecule has 6 heteroatoms. The molecule has 0 radical (unpaired) electrons. The lowest BCUT2D eigenvalue weighted by molar-refractivity contribution is -0.138. The smallest absolute Gasteiger partial charge is 0.307 e. The van der Waals surface area contributed by atoms with Crippen molar-refractivity contribution in [3.63, 3.8) is 0 Å². The molecule has 1 aliphatic rings. The summed E-state index contributed by atoms with van der Waals surface area (Å²) >= 11 is 6.09. The fraction of sp³-hybridized carbons (Fsp3) is 0.417. The Hall–Kier alpha value is -1.62. The van der Waals surface area contributed by atoms with Gasteiger partial charge < -0.3 is 5.11 Å². The normalized spacial score (nSPS) is 22.4. The molecule has 1 aliphatic carbocycles. The topological polar surface area (TPSA) is 67.5 Å². The molecule has 18 heavy (non-hydrogen) atoms. The first kappa shape index (κ1) is 11.5. The molecule has 0 aromatic carbocycles. The minimum atomic E-state index is -0.773. The van der Waals surface area contributed by atoms with Crippen molar-refractivity contribution in [1.82, 2.24) is 14.6 Å². The molecule has 0 amide bonds. The lowest BCUT2D eigenvalue weighted by Crippen LogP contribution is -2.00. The summed E-state index contributed by atoms with van der Waals surface area (Å²) in [6.07, 6.45) is 0.623. The molecule has 1 saturated carbocycles. The second-order valence-corrected chi connectivity index (χ2v) is 5.16. The van der Waals surface area contributed by atoms with Gasteiger partial charge in [-0.25, -0.2) is 9.50 Å². The van der Waals surface area contributed by atoms with E-state index in [1.165, 1.54) is 0 Å². The number of aromatic nitrogens is 3. The summed E-state index contributed by atoms with van der Waals surface area (Å²) in [5, 5.41) is 14.0. The van der Waals surface area contributed by atoms with Crippen molar-refractivity contribution in [2.24, 2.45) is 5.92 Å². The number of aryl methyl sites for hydroxylation is 2. The summed E-state index contributed by atoms with van der Waals surface area (Å²) in [6, 6.07) is 1.85. The Balaban J connectivity index is 2.10. The van der Waals surface area contributed by atoms with Crippen LogP contribution >= 0.6 is 11.6 Å². The first-order valence-corrected chi connectivity index (χ1v) is 6.12. The molecule has 3 rings (SSSR count). The van der Waals surface area contributed by atoms with Gasteiger partial charge in [0.05, 0.1) is 16.6 Å². The molecule has 0 aliphatic heterocycles. The van der Waals surface area contributed by atoms with Gasteiger partial charge in [0.15, 0.2) is 11.5 Å². The highest BCUT2D eigenvalue weighted by Gasteiger charge is 2.47. The number of aliphatic carboxylic acids is 1. The maximum atomic E-state index is 10.9. The van der Waals surface area contributed by atoms with Crippen LogP contribution in [0.15, 0.2) is 6.07 Å². The van der Waals surface area contributed by atoms with Crippen LogP contribution < -0.4 is 0 Å². The van der Waals surface area contributed by atoms with E-state index >= 15 is 0 Å². The van der Waals surface area contributed by atoms with Crippen molar-refractivity contribution < 1.29 is 9.90 Å². The van der Waals surface area contributed by atoms with Crippen LogP contribution in [0.3, 0.4) is 0 Å². The largest absolute Gasteiger partial charge is 0.481 e. The van der Waals surface area contributed by atoms with Gasteiger partial charge in [0, 0.05) is 5.92 Å². The highest BCUT2D eigenvalue weighted by atomic mass is 35.5. The number of fused-ring (bicyclic) bond motifs is 1. The summed E-state index contributed by atoms with van der Waals surface area (Å²) < 4.78 is 1.70. The van der Waals surface area contributed by atoms with Crippen LogP contribution in [-0.4, -0.2) is 25.7 Å². The summed E-state index contributed by atoms with van der Waals surface area (Å²) in [5.41, 5.74) is 2.52. The zero-order valence-electron chi connectivity index (χ0n) is 10.0. The van der Waals surface area contributed by atoms with Crippen LogP contribution in [0.25, 0.3) is 5.65 Å². The summed E-state index contributed by atoms with van der Waals surface area (Å²) in [5.74, 6) is -0.556. The Bertz CT molecular complexity index is 665. The monoisotopic (exact) mass is 265 g/mol. The number of carbonyl (C=O) groups is 1. The Morgan fingerprint density at radius 1 is 1.56 bits per heavy atom. The number of carboxylic acids is 1. The Labute approximate surface area is 108 Å². The van der Waals surface area contributed by atoms with E-state index in [-0.39, 0.29) is 11.8 Å². The number of pyridine rings is 1. The molecule has 1 N–H and O–H groups in total. The Kier molecular flexibility index (Phi) is 2.35. The highest BCUT2D eigenvalue weighted by molar-refractivity contribution is 6.31. The van der Waals surface area contributed by atoms with Crippen LogP contribution in [0.2, 0.25) is 5.02 Å². The number of hydrogen-bond donors (Lipinski definition) is 1. The molecule has 2 heterocycles. The van der Waals surface area contributed by atoms with E-state index in [4.69, 9.17) is 16.7 Å². The first-order chi connectivity index (χ1) is 8.49. The van der Waals surface area contributed by atoms with Crippen molar-refractivity contribution in [1.29, 1.82) is 0 Å². The van der Waals surface area contributed by atoms with Gasteiger partial charge in [-0.05, 0) is 31.9 Å². The molecule has 0 unspecified atom stereocenters. The fourth-order valence-corrected chi connectivity index (χ4v) is 2.43. The second-order valence-electron chi connectivity index (χ2n) is 4.75. The predicted octanol–water partition coefficient (Wildman–Crippen LogP) is 2.19. The third-order valence-corrected chi connectivity index (χ3v) is 3.80. The number of carboxylic acid groups (broad SMARTS) is 1. The SMILES string of the molecule is Cc1cc(Cl)c(C)n2nc([C@@H]3C[C@H]3C(=O)O)nc12. The van der Waals surface area contributed by atoms with Gasteiger partial charge in [0.25, 0.3) is 0 Å². The summed E-state index contributed by atoms with van der Waals surface area (Å²) in [6.45, 7) is 3.79. The number of nitrogens with zero attached hydrogens (tertiary/aromatic N) is 3. The average molecular weight is 266 g/mol. The van der Waals surface area contributed by atoms with Crippen molar-refractivity contribution in [3.05, 3.63) is 28.2 Å². The van der Waals surface area contributed by atoms with E-state index in [0.29, 0.717) is 17.3 Å². The molecule has 5 nitrogen and oxygen atoms in total. The molecule has 2 aromatic heterocycles. The molecular weight excluding hydrogens is 254 g/mol. The third kappa shape index (κ3) is 1.58. The minimum Gasteiger partial charge on any atom is -0.481 e. The van der Waals surface area contributed by atoms with Crippen molar-refractivity contribution in [3.8, 4) is 0 Å². The van der Waals surface area contributed by atoms with Gasteiger partial charge in [0.2, 0.25) is 0 Å². The van der Waals surface area contributed by atoms with Crippen molar-refractivity contribution in [2.75, 3.05) is 0 Å². The lowest BCUT2D eigenvalue weighted by Gasteiger charge is -2.02. The Morgan fingerprint density at radius 3 is 2.89 bits per heavy atom. The van der Waals surface area contributed by atoms with E-state index < -0.39 is 5.97 Å². The van der Waals surface area contributed by atoms with Crippen molar-refractivity contribution >= 4 is 23.2 Å².